The van der Waals surface area contributed by atoms with E-state index in [0.717, 1.165) is 6.54 Å². The molecule has 1 fully saturated rings. The molecule has 1 rings (SSSR count). The lowest BCUT2D eigenvalue weighted by Crippen LogP contribution is -2.52. The van der Waals surface area contributed by atoms with E-state index in [1.54, 1.807) is 14.2 Å². The summed E-state index contributed by atoms with van der Waals surface area (Å²) in [7, 11) is 3.26. The first-order valence-corrected chi connectivity index (χ1v) is 4.04. The van der Waals surface area contributed by atoms with Gasteiger partial charge in [0.2, 0.25) is 0 Å². The number of hydrogen-bond donors (Lipinski definition) is 0. The molecular formula is C8H16NO3. The number of hydrogen-bond acceptors (Lipinski definition) is 4. The summed E-state index contributed by atoms with van der Waals surface area (Å²) >= 11 is 0. The first kappa shape index (κ1) is 9.92. The Morgan fingerprint density at radius 2 is 2.25 bits per heavy atom. The molecule has 0 aromatic rings. The largest absolute Gasteiger partial charge is 0.361 e. The normalized spacial score (nSPS) is 32.2. The molecule has 4 heteroatoms. The van der Waals surface area contributed by atoms with Crippen LogP contribution in [0.25, 0.3) is 0 Å². The fourth-order valence-electron chi connectivity index (χ4n) is 1.35. The summed E-state index contributed by atoms with van der Waals surface area (Å²) in [6.45, 7) is 6.04. The van der Waals surface area contributed by atoms with Crippen LogP contribution in [0.15, 0.2) is 0 Å². The maximum absolute atomic E-state index is 5.35. The SMILES string of the molecule is [CH2]CN1CCOC(OC)C1OC. The van der Waals surface area contributed by atoms with Gasteiger partial charge in [-0.2, -0.15) is 0 Å². The Morgan fingerprint density at radius 3 is 2.75 bits per heavy atom. The van der Waals surface area contributed by atoms with Gasteiger partial charge in [-0.1, -0.05) is 0 Å². The summed E-state index contributed by atoms with van der Waals surface area (Å²) in [6.07, 6.45) is -0.410. The lowest BCUT2D eigenvalue weighted by molar-refractivity contribution is -0.257. The molecule has 2 atom stereocenters. The highest BCUT2D eigenvalue weighted by molar-refractivity contribution is 4.71. The third kappa shape index (κ3) is 1.95. The van der Waals surface area contributed by atoms with Crippen LogP contribution in [0.1, 0.15) is 0 Å². The Morgan fingerprint density at radius 1 is 1.50 bits per heavy atom. The van der Waals surface area contributed by atoms with Crippen LogP contribution in [0, 0.1) is 6.92 Å². The third-order valence-corrected chi connectivity index (χ3v) is 2.01. The zero-order chi connectivity index (χ0) is 8.97. The molecular weight excluding hydrogens is 158 g/mol. The van der Waals surface area contributed by atoms with Gasteiger partial charge in [0.05, 0.1) is 6.61 Å². The number of morpholine rings is 1. The van der Waals surface area contributed by atoms with Crippen molar-refractivity contribution in [2.24, 2.45) is 0 Å². The van der Waals surface area contributed by atoms with Crippen LogP contribution in [0.4, 0.5) is 0 Å². The Bertz CT molecular complexity index is 119. The van der Waals surface area contributed by atoms with E-state index in [2.05, 4.69) is 11.8 Å². The maximum atomic E-state index is 5.35. The third-order valence-electron chi connectivity index (χ3n) is 2.01. The van der Waals surface area contributed by atoms with Gasteiger partial charge in [-0.25, -0.2) is 0 Å². The van der Waals surface area contributed by atoms with Crippen molar-refractivity contribution in [1.82, 2.24) is 4.90 Å². The summed E-state index contributed by atoms with van der Waals surface area (Å²) in [4.78, 5) is 2.08. The molecule has 1 saturated heterocycles. The lowest BCUT2D eigenvalue weighted by atomic mass is 10.3. The van der Waals surface area contributed by atoms with E-state index in [1.165, 1.54) is 0 Å². The number of rotatable bonds is 3. The number of ether oxygens (including phenoxy) is 3. The minimum atomic E-state index is -0.287. The van der Waals surface area contributed by atoms with Gasteiger partial charge in [0.15, 0.2) is 12.5 Å². The predicted molar refractivity (Wildman–Crippen MR) is 44.5 cm³/mol. The molecule has 0 spiro atoms. The lowest BCUT2D eigenvalue weighted by Gasteiger charge is -2.38. The van der Waals surface area contributed by atoms with Crippen LogP contribution in [-0.2, 0) is 14.2 Å². The van der Waals surface area contributed by atoms with E-state index in [9.17, 15) is 0 Å². The Labute approximate surface area is 73.4 Å². The molecule has 1 heterocycles. The Balaban J connectivity index is 2.52. The van der Waals surface area contributed by atoms with Crippen molar-refractivity contribution in [3.63, 3.8) is 0 Å². The van der Waals surface area contributed by atoms with Crippen LogP contribution < -0.4 is 0 Å². The highest BCUT2D eigenvalue weighted by atomic mass is 16.7. The van der Waals surface area contributed by atoms with E-state index in [1.807, 2.05) is 0 Å². The van der Waals surface area contributed by atoms with Gasteiger partial charge in [0, 0.05) is 27.3 Å². The second kappa shape index (κ2) is 4.77. The zero-order valence-electron chi connectivity index (χ0n) is 7.66. The quantitative estimate of drug-likeness (QED) is 0.607. The molecule has 4 nitrogen and oxygen atoms in total. The molecule has 1 aliphatic rings. The number of methoxy groups -OCH3 is 2. The van der Waals surface area contributed by atoms with E-state index in [4.69, 9.17) is 14.2 Å². The van der Waals surface area contributed by atoms with Gasteiger partial charge in [-0.3, -0.25) is 4.90 Å². The van der Waals surface area contributed by atoms with E-state index in [0.29, 0.717) is 13.2 Å². The smallest absolute Gasteiger partial charge is 0.197 e. The summed E-state index contributed by atoms with van der Waals surface area (Å²) < 4.78 is 15.7. The second-order valence-corrected chi connectivity index (χ2v) is 2.64. The molecule has 1 radical (unpaired) electrons. The summed E-state index contributed by atoms with van der Waals surface area (Å²) in [5.41, 5.74) is 0. The topological polar surface area (TPSA) is 30.9 Å². The standard InChI is InChI=1S/C8H16NO3/c1-4-9-5-6-12-8(11-3)7(9)10-2/h7-8H,1,4-6H2,2-3H3. The van der Waals surface area contributed by atoms with Crippen LogP contribution in [0.3, 0.4) is 0 Å². The molecule has 0 aromatic carbocycles. The average molecular weight is 174 g/mol. The highest BCUT2D eigenvalue weighted by Crippen LogP contribution is 2.14. The van der Waals surface area contributed by atoms with Crippen molar-refractivity contribution in [1.29, 1.82) is 0 Å². The summed E-state index contributed by atoms with van der Waals surface area (Å²) in [6, 6.07) is 0. The van der Waals surface area contributed by atoms with Crippen molar-refractivity contribution in [3.8, 4) is 0 Å². The van der Waals surface area contributed by atoms with Crippen LogP contribution in [0.5, 0.6) is 0 Å². The number of nitrogens with zero attached hydrogens (tertiary/aromatic N) is 1. The first-order valence-electron chi connectivity index (χ1n) is 4.04. The fourth-order valence-corrected chi connectivity index (χ4v) is 1.35. The van der Waals surface area contributed by atoms with Crippen LogP contribution in [0.2, 0.25) is 0 Å². The average Bonchev–Trinajstić information content (AvgIpc) is 2.16. The van der Waals surface area contributed by atoms with E-state index >= 15 is 0 Å². The minimum Gasteiger partial charge on any atom is -0.361 e. The van der Waals surface area contributed by atoms with Crippen molar-refractivity contribution < 1.29 is 14.2 Å². The predicted octanol–water partition coefficient (Wildman–Crippen LogP) is 0.0977. The van der Waals surface area contributed by atoms with Gasteiger partial charge < -0.3 is 14.2 Å². The van der Waals surface area contributed by atoms with E-state index in [-0.39, 0.29) is 12.5 Å². The molecule has 0 N–H and O–H groups in total. The Hall–Kier alpha value is -0.160. The first-order chi connectivity index (χ1) is 5.83. The van der Waals surface area contributed by atoms with Crippen molar-refractivity contribution in [2.45, 2.75) is 12.5 Å². The van der Waals surface area contributed by atoms with Gasteiger partial charge >= 0.3 is 0 Å². The van der Waals surface area contributed by atoms with Crippen molar-refractivity contribution >= 4 is 0 Å². The molecule has 12 heavy (non-hydrogen) atoms. The molecule has 0 saturated carbocycles. The van der Waals surface area contributed by atoms with Gasteiger partial charge in [0.1, 0.15) is 0 Å². The van der Waals surface area contributed by atoms with Gasteiger partial charge in [-0.15, -0.1) is 0 Å². The molecule has 1 aliphatic heterocycles. The molecule has 0 aromatic heterocycles. The maximum Gasteiger partial charge on any atom is 0.197 e. The van der Waals surface area contributed by atoms with Crippen LogP contribution in [-0.4, -0.2) is 51.3 Å². The van der Waals surface area contributed by atoms with Gasteiger partial charge in [-0.05, 0) is 6.92 Å². The second-order valence-electron chi connectivity index (χ2n) is 2.64. The zero-order valence-corrected chi connectivity index (χ0v) is 7.66. The Kier molecular flexibility index (Phi) is 3.94. The van der Waals surface area contributed by atoms with Crippen molar-refractivity contribution in [2.75, 3.05) is 33.9 Å². The molecule has 0 aliphatic carbocycles. The summed E-state index contributed by atoms with van der Waals surface area (Å²) in [5.74, 6) is 0. The van der Waals surface area contributed by atoms with E-state index < -0.39 is 0 Å². The molecule has 2 unspecified atom stereocenters. The minimum absolute atomic E-state index is 0.124. The van der Waals surface area contributed by atoms with Crippen molar-refractivity contribution in [3.05, 3.63) is 6.92 Å². The fraction of sp³-hybridized carbons (Fsp3) is 0.875. The van der Waals surface area contributed by atoms with Gasteiger partial charge in [0.25, 0.3) is 0 Å². The molecule has 71 valence electrons. The van der Waals surface area contributed by atoms with Crippen LogP contribution >= 0.6 is 0 Å². The monoisotopic (exact) mass is 174 g/mol. The summed E-state index contributed by atoms with van der Waals surface area (Å²) in [5, 5.41) is 0. The molecule has 0 bridgehead atoms. The highest BCUT2D eigenvalue weighted by Gasteiger charge is 2.31. The molecule has 0 amide bonds.